The van der Waals surface area contributed by atoms with Crippen molar-refractivity contribution in [3.8, 4) is 0 Å². The molecule has 138 valence electrons. The minimum absolute atomic E-state index is 0.104. The Morgan fingerprint density at radius 3 is 2.65 bits per heavy atom. The predicted octanol–water partition coefficient (Wildman–Crippen LogP) is 4.03. The van der Waals surface area contributed by atoms with Crippen LogP contribution in [0.5, 0.6) is 0 Å². The quantitative estimate of drug-likeness (QED) is 0.645. The fraction of sp³-hybridized carbons (Fsp3) is 0.444. The second-order valence-electron chi connectivity index (χ2n) is 6.61. The lowest BCUT2D eigenvalue weighted by atomic mass is 10.0. The highest BCUT2D eigenvalue weighted by Gasteiger charge is 2.20. The summed E-state index contributed by atoms with van der Waals surface area (Å²) in [5.41, 5.74) is 1.87. The Kier molecular flexibility index (Phi) is 5.51. The van der Waals surface area contributed by atoms with Crippen molar-refractivity contribution in [3.05, 3.63) is 44.4 Å². The van der Waals surface area contributed by atoms with Crippen LogP contribution in [0.4, 0.5) is 16.5 Å². The van der Waals surface area contributed by atoms with Gasteiger partial charge >= 0.3 is 0 Å². The molecule has 1 aliphatic carbocycles. The summed E-state index contributed by atoms with van der Waals surface area (Å²) in [6.45, 7) is 0. The number of hydrogen-bond acceptors (Lipinski definition) is 6. The van der Waals surface area contributed by atoms with E-state index in [9.17, 15) is 14.9 Å². The van der Waals surface area contributed by atoms with Crippen molar-refractivity contribution in [2.24, 2.45) is 0 Å². The van der Waals surface area contributed by atoms with Crippen LogP contribution in [0, 0.1) is 10.1 Å². The van der Waals surface area contributed by atoms with E-state index < -0.39 is 4.92 Å². The zero-order chi connectivity index (χ0) is 18.7. The number of nitro groups is 1. The molecule has 3 rings (SSSR count). The molecule has 0 saturated heterocycles. The highest BCUT2D eigenvalue weighted by atomic mass is 32.1. The standard InChI is InChI=1S/C18H22N4O3S/c1-21(2)15-10-9-12(22(24)25)11-13(15)17(23)20-18-19-14-7-5-3-4-6-8-16(14)26-18/h9-11H,3-8H2,1-2H3,(H,19,20,23). The third-order valence-corrected chi connectivity index (χ3v) is 5.56. The first-order valence-electron chi connectivity index (χ1n) is 8.71. The summed E-state index contributed by atoms with van der Waals surface area (Å²) < 4.78 is 0. The molecule has 0 bridgehead atoms. The van der Waals surface area contributed by atoms with Crippen LogP contribution >= 0.6 is 11.3 Å². The van der Waals surface area contributed by atoms with Gasteiger partial charge in [-0.1, -0.05) is 12.8 Å². The number of aryl methyl sites for hydroxylation is 2. The molecule has 0 radical (unpaired) electrons. The average molecular weight is 374 g/mol. The Balaban J connectivity index is 1.87. The van der Waals surface area contributed by atoms with Crippen molar-refractivity contribution >= 4 is 33.8 Å². The van der Waals surface area contributed by atoms with E-state index in [-0.39, 0.29) is 17.2 Å². The van der Waals surface area contributed by atoms with Gasteiger partial charge in [0.1, 0.15) is 0 Å². The molecule has 26 heavy (non-hydrogen) atoms. The van der Waals surface area contributed by atoms with Crippen LogP contribution < -0.4 is 10.2 Å². The van der Waals surface area contributed by atoms with Crippen molar-refractivity contribution < 1.29 is 9.72 Å². The number of hydrogen-bond donors (Lipinski definition) is 1. The van der Waals surface area contributed by atoms with Gasteiger partial charge in [0.15, 0.2) is 5.13 Å². The smallest absolute Gasteiger partial charge is 0.270 e. The summed E-state index contributed by atoms with van der Waals surface area (Å²) >= 11 is 1.52. The topological polar surface area (TPSA) is 88.4 Å². The predicted molar refractivity (Wildman–Crippen MR) is 103 cm³/mol. The molecule has 0 spiro atoms. The van der Waals surface area contributed by atoms with E-state index in [2.05, 4.69) is 10.3 Å². The number of fused-ring (bicyclic) bond motifs is 1. The van der Waals surface area contributed by atoms with Gasteiger partial charge in [0.25, 0.3) is 11.6 Å². The Morgan fingerprint density at radius 1 is 1.23 bits per heavy atom. The maximum atomic E-state index is 12.8. The number of thiazole rings is 1. The second kappa shape index (κ2) is 7.82. The molecule has 1 amide bonds. The van der Waals surface area contributed by atoms with E-state index in [4.69, 9.17) is 0 Å². The largest absolute Gasteiger partial charge is 0.377 e. The summed E-state index contributed by atoms with van der Waals surface area (Å²) in [6, 6.07) is 4.31. The van der Waals surface area contributed by atoms with Gasteiger partial charge in [-0.15, -0.1) is 11.3 Å². The lowest BCUT2D eigenvalue weighted by Gasteiger charge is -2.16. The average Bonchev–Trinajstić information content (AvgIpc) is 2.94. The van der Waals surface area contributed by atoms with Gasteiger partial charge in [-0.25, -0.2) is 4.98 Å². The third-order valence-electron chi connectivity index (χ3n) is 4.48. The SMILES string of the molecule is CN(C)c1ccc([N+](=O)[O-])cc1C(=O)Nc1nc2c(s1)CCCCCC2. The highest BCUT2D eigenvalue weighted by molar-refractivity contribution is 7.15. The Hall–Kier alpha value is -2.48. The Labute approximate surface area is 156 Å². The van der Waals surface area contributed by atoms with E-state index in [1.165, 1.54) is 41.2 Å². The van der Waals surface area contributed by atoms with Gasteiger partial charge in [-0.2, -0.15) is 0 Å². The molecule has 1 aromatic heterocycles. The molecule has 8 heteroatoms. The molecule has 2 aromatic rings. The fourth-order valence-electron chi connectivity index (χ4n) is 3.13. The van der Waals surface area contributed by atoms with E-state index in [1.807, 2.05) is 0 Å². The molecule has 0 fully saturated rings. The monoisotopic (exact) mass is 374 g/mol. The van der Waals surface area contributed by atoms with Crippen LogP contribution in [0.15, 0.2) is 18.2 Å². The van der Waals surface area contributed by atoms with Gasteiger partial charge in [0.2, 0.25) is 0 Å². The number of amides is 1. The van der Waals surface area contributed by atoms with Gasteiger partial charge < -0.3 is 4.90 Å². The van der Waals surface area contributed by atoms with Crippen LogP contribution in [0.25, 0.3) is 0 Å². The Bertz CT molecular complexity index is 806. The number of carbonyl (C=O) groups is 1. The lowest BCUT2D eigenvalue weighted by molar-refractivity contribution is -0.384. The normalized spacial score (nSPS) is 14.1. The lowest BCUT2D eigenvalue weighted by Crippen LogP contribution is -2.18. The molecule has 1 aliphatic rings. The minimum atomic E-state index is -0.495. The van der Waals surface area contributed by atoms with E-state index in [0.717, 1.165) is 31.4 Å². The first kappa shape index (κ1) is 18.3. The van der Waals surface area contributed by atoms with Gasteiger partial charge in [0.05, 0.1) is 16.2 Å². The van der Waals surface area contributed by atoms with Gasteiger partial charge in [-0.3, -0.25) is 20.2 Å². The molecule has 1 N–H and O–H groups in total. The molecular weight excluding hydrogens is 352 g/mol. The highest BCUT2D eigenvalue weighted by Crippen LogP contribution is 2.30. The number of anilines is 2. The summed E-state index contributed by atoms with van der Waals surface area (Å²) in [6.07, 6.45) is 6.68. The molecule has 1 aromatic carbocycles. The third kappa shape index (κ3) is 4.01. The number of non-ortho nitro benzene ring substituents is 1. The first-order chi connectivity index (χ1) is 12.5. The molecule has 7 nitrogen and oxygen atoms in total. The molecule has 0 unspecified atom stereocenters. The van der Waals surface area contributed by atoms with Crippen molar-refractivity contribution in [2.75, 3.05) is 24.3 Å². The summed E-state index contributed by atoms with van der Waals surface area (Å²) in [5, 5.41) is 14.5. The number of nitrogens with one attached hydrogen (secondary N) is 1. The summed E-state index contributed by atoms with van der Waals surface area (Å²) in [5.74, 6) is -0.376. The van der Waals surface area contributed by atoms with Gasteiger partial charge in [0, 0.05) is 36.8 Å². The number of benzene rings is 1. The minimum Gasteiger partial charge on any atom is -0.377 e. The van der Waals surface area contributed by atoms with Crippen LogP contribution in [-0.4, -0.2) is 29.9 Å². The molecular formula is C18H22N4O3S. The summed E-state index contributed by atoms with van der Waals surface area (Å²) in [7, 11) is 3.60. The van der Waals surface area contributed by atoms with E-state index in [1.54, 1.807) is 25.1 Å². The van der Waals surface area contributed by atoms with Gasteiger partial charge in [-0.05, 0) is 31.7 Å². The van der Waals surface area contributed by atoms with Crippen molar-refractivity contribution in [3.63, 3.8) is 0 Å². The second-order valence-corrected chi connectivity index (χ2v) is 7.69. The van der Waals surface area contributed by atoms with Crippen molar-refractivity contribution in [1.29, 1.82) is 0 Å². The van der Waals surface area contributed by atoms with Crippen molar-refractivity contribution in [2.45, 2.75) is 38.5 Å². The van der Waals surface area contributed by atoms with Crippen molar-refractivity contribution in [1.82, 2.24) is 4.98 Å². The zero-order valence-corrected chi connectivity index (χ0v) is 15.8. The maximum Gasteiger partial charge on any atom is 0.270 e. The van der Waals surface area contributed by atoms with E-state index >= 15 is 0 Å². The number of rotatable bonds is 4. The Morgan fingerprint density at radius 2 is 1.96 bits per heavy atom. The first-order valence-corrected chi connectivity index (χ1v) is 9.53. The molecule has 0 saturated carbocycles. The number of nitro benzene ring substituents is 1. The maximum absolute atomic E-state index is 12.8. The molecule has 0 atom stereocenters. The summed E-state index contributed by atoms with van der Waals surface area (Å²) in [4.78, 5) is 30.9. The van der Waals surface area contributed by atoms with E-state index in [0.29, 0.717) is 10.8 Å². The fourth-order valence-corrected chi connectivity index (χ4v) is 4.18. The van der Waals surface area contributed by atoms with Crippen LogP contribution in [0.2, 0.25) is 0 Å². The van der Waals surface area contributed by atoms with Crippen LogP contribution in [0.1, 0.15) is 46.6 Å². The zero-order valence-electron chi connectivity index (χ0n) is 14.9. The number of nitrogens with zero attached hydrogens (tertiary/aromatic N) is 3. The molecule has 0 aliphatic heterocycles. The van der Waals surface area contributed by atoms with Crippen LogP contribution in [0.3, 0.4) is 0 Å². The number of carbonyl (C=O) groups excluding carboxylic acids is 1. The molecule has 1 heterocycles. The van der Waals surface area contributed by atoms with Crippen LogP contribution in [-0.2, 0) is 12.8 Å². The number of aromatic nitrogens is 1.